The van der Waals surface area contributed by atoms with Gasteiger partial charge in [0.05, 0.1) is 12.3 Å². The van der Waals surface area contributed by atoms with E-state index in [4.69, 9.17) is 4.42 Å². The highest BCUT2D eigenvalue weighted by molar-refractivity contribution is 14.0. The molecule has 1 fully saturated rings. The predicted molar refractivity (Wildman–Crippen MR) is 116 cm³/mol. The van der Waals surface area contributed by atoms with Crippen molar-refractivity contribution in [2.45, 2.75) is 26.3 Å². The molecule has 26 heavy (non-hydrogen) atoms. The molecule has 0 atom stereocenters. The van der Waals surface area contributed by atoms with Crippen molar-refractivity contribution >= 4 is 50.7 Å². The Kier molecular flexibility index (Phi) is 6.60. The van der Waals surface area contributed by atoms with Gasteiger partial charge in [0.1, 0.15) is 21.2 Å². The molecule has 0 unspecified atom stereocenters. The SMILES string of the molecule is CN=C(NCc1oc2ccccc2c1C)NCC1(CS(C)(=O)=O)CC1.I. The number of nitrogens with zero attached hydrogens (tertiary/aromatic N) is 1. The average molecular weight is 491 g/mol. The van der Waals surface area contributed by atoms with E-state index in [1.165, 1.54) is 6.26 Å². The first kappa shape index (κ1) is 21.0. The molecular formula is C18H26IN3O3S. The van der Waals surface area contributed by atoms with E-state index in [-0.39, 0.29) is 35.1 Å². The Morgan fingerprint density at radius 1 is 1.27 bits per heavy atom. The van der Waals surface area contributed by atoms with Crippen molar-refractivity contribution in [3.05, 3.63) is 35.6 Å². The minimum Gasteiger partial charge on any atom is -0.459 e. The van der Waals surface area contributed by atoms with Gasteiger partial charge in [-0.1, -0.05) is 18.2 Å². The molecular weight excluding hydrogens is 465 g/mol. The molecule has 1 aromatic heterocycles. The van der Waals surface area contributed by atoms with Crippen molar-refractivity contribution < 1.29 is 12.8 Å². The summed E-state index contributed by atoms with van der Waals surface area (Å²) in [7, 11) is -1.26. The maximum atomic E-state index is 11.5. The molecule has 1 aromatic carbocycles. The van der Waals surface area contributed by atoms with Gasteiger partial charge >= 0.3 is 0 Å². The molecule has 3 rings (SSSR count). The third kappa shape index (κ3) is 5.12. The van der Waals surface area contributed by atoms with E-state index in [0.717, 1.165) is 35.1 Å². The Morgan fingerprint density at radius 2 is 1.96 bits per heavy atom. The molecule has 1 aliphatic rings. The van der Waals surface area contributed by atoms with Crippen molar-refractivity contribution in [3.63, 3.8) is 0 Å². The number of fused-ring (bicyclic) bond motifs is 1. The Morgan fingerprint density at radius 3 is 2.54 bits per heavy atom. The first-order chi connectivity index (χ1) is 11.8. The van der Waals surface area contributed by atoms with Gasteiger partial charge in [-0.25, -0.2) is 8.42 Å². The first-order valence-corrected chi connectivity index (χ1v) is 10.5. The van der Waals surface area contributed by atoms with Crippen molar-refractivity contribution in [1.82, 2.24) is 10.6 Å². The molecule has 8 heteroatoms. The fourth-order valence-electron chi connectivity index (χ4n) is 3.15. The van der Waals surface area contributed by atoms with Crippen molar-refractivity contribution in [1.29, 1.82) is 0 Å². The summed E-state index contributed by atoms with van der Waals surface area (Å²) in [6, 6.07) is 7.97. The predicted octanol–water partition coefficient (Wildman–Crippen LogP) is 2.85. The lowest BCUT2D eigenvalue weighted by Gasteiger charge is -2.17. The second-order valence-corrected chi connectivity index (χ2v) is 9.14. The number of nitrogens with one attached hydrogen (secondary N) is 2. The minimum absolute atomic E-state index is 0. The first-order valence-electron chi connectivity index (χ1n) is 8.41. The number of aliphatic imine (C=N–C) groups is 1. The van der Waals surface area contributed by atoms with Gasteiger partial charge in [0.2, 0.25) is 0 Å². The summed E-state index contributed by atoms with van der Waals surface area (Å²) in [4.78, 5) is 4.22. The molecule has 2 N–H and O–H groups in total. The number of halogens is 1. The van der Waals surface area contributed by atoms with Gasteiger partial charge < -0.3 is 15.1 Å². The summed E-state index contributed by atoms with van der Waals surface area (Å²) in [5.74, 6) is 1.76. The molecule has 0 saturated heterocycles. The number of guanidine groups is 1. The van der Waals surface area contributed by atoms with E-state index >= 15 is 0 Å². The van der Waals surface area contributed by atoms with Crippen LogP contribution in [0.1, 0.15) is 24.2 Å². The topological polar surface area (TPSA) is 83.7 Å². The maximum absolute atomic E-state index is 11.5. The molecule has 0 bridgehead atoms. The number of sulfone groups is 1. The van der Waals surface area contributed by atoms with Crippen LogP contribution in [0.4, 0.5) is 0 Å². The van der Waals surface area contributed by atoms with Crippen LogP contribution in [0.5, 0.6) is 0 Å². The van der Waals surface area contributed by atoms with Gasteiger partial charge in [-0.3, -0.25) is 4.99 Å². The van der Waals surface area contributed by atoms with E-state index < -0.39 is 9.84 Å². The van der Waals surface area contributed by atoms with Crippen LogP contribution < -0.4 is 10.6 Å². The number of furan rings is 1. The molecule has 2 aromatic rings. The summed E-state index contributed by atoms with van der Waals surface area (Å²) in [6.45, 7) is 3.18. The van der Waals surface area contributed by atoms with Crippen LogP contribution in [0, 0.1) is 12.3 Å². The third-order valence-electron chi connectivity index (χ3n) is 4.74. The number of para-hydroxylation sites is 1. The zero-order valence-corrected chi connectivity index (χ0v) is 18.5. The standard InChI is InChI=1S/C18H25N3O3S.HI/c1-13-14-6-4-5-7-15(14)24-16(13)10-20-17(19-2)21-11-18(8-9-18)12-25(3,22)23;/h4-7H,8-12H2,1-3H3,(H2,19,20,21);1H. The van der Waals surface area contributed by atoms with Gasteiger partial charge in [0, 0.05) is 36.2 Å². The Hall–Kier alpha value is -1.29. The number of rotatable bonds is 6. The molecule has 0 spiro atoms. The molecule has 144 valence electrons. The summed E-state index contributed by atoms with van der Waals surface area (Å²) in [5, 5.41) is 7.62. The van der Waals surface area contributed by atoms with Crippen LogP contribution in [0.3, 0.4) is 0 Å². The Balaban J connectivity index is 0.00000243. The zero-order valence-electron chi connectivity index (χ0n) is 15.3. The third-order valence-corrected chi connectivity index (χ3v) is 5.88. The van der Waals surface area contributed by atoms with Crippen LogP contribution in [-0.4, -0.2) is 40.0 Å². The van der Waals surface area contributed by atoms with Gasteiger partial charge in [0.25, 0.3) is 0 Å². The summed E-state index contributed by atoms with van der Waals surface area (Å²) >= 11 is 0. The van der Waals surface area contributed by atoms with Crippen LogP contribution >= 0.6 is 24.0 Å². The van der Waals surface area contributed by atoms with Crippen LogP contribution in [-0.2, 0) is 16.4 Å². The van der Waals surface area contributed by atoms with Crippen molar-refractivity contribution in [2.24, 2.45) is 10.4 Å². The highest BCUT2D eigenvalue weighted by atomic mass is 127. The summed E-state index contributed by atoms with van der Waals surface area (Å²) in [6.07, 6.45) is 3.17. The molecule has 6 nitrogen and oxygen atoms in total. The van der Waals surface area contributed by atoms with Crippen LogP contribution in [0.25, 0.3) is 11.0 Å². The lowest BCUT2D eigenvalue weighted by atomic mass is 10.1. The van der Waals surface area contributed by atoms with E-state index in [1.807, 2.05) is 31.2 Å². The van der Waals surface area contributed by atoms with Crippen LogP contribution in [0.2, 0.25) is 0 Å². The second kappa shape index (κ2) is 8.16. The molecule has 0 aliphatic heterocycles. The van der Waals surface area contributed by atoms with E-state index in [2.05, 4.69) is 15.6 Å². The summed E-state index contributed by atoms with van der Waals surface area (Å²) < 4.78 is 29.0. The van der Waals surface area contributed by atoms with E-state index in [9.17, 15) is 8.42 Å². The average Bonchev–Trinajstić information content (AvgIpc) is 3.23. The van der Waals surface area contributed by atoms with Crippen molar-refractivity contribution in [3.8, 4) is 0 Å². The Labute approximate surface area is 171 Å². The van der Waals surface area contributed by atoms with Gasteiger partial charge in [-0.15, -0.1) is 24.0 Å². The summed E-state index contributed by atoms with van der Waals surface area (Å²) in [5.41, 5.74) is 1.86. The molecule has 1 heterocycles. The van der Waals surface area contributed by atoms with Gasteiger partial charge in [-0.05, 0) is 25.8 Å². The minimum atomic E-state index is -2.96. The van der Waals surface area contributed by atoms with Gasteiger partial charge in [0.15, 0.2) is 5.96 Å². The van der Waals surface area contributed by atoms with Crippen molar-refractivity contribution in [2.75, 3.05) is 25.6 Å². The fraction of sp³-hybridized carbons (Fsp3) is 0.500. The molecule has 1 saturated carbocycles. The van der Waals surface area contributed by atoms with E-state index in [1.54, 1.807) is 7.05 Å². The van der Waals surface area contributed by atoms with E-state index in [0.29, 0.717) is 19.0 Å². The number of aryl methyl sites for hydroxylation is 1. The lowest BCUT2D eigenvalue weighted by molar-refractivity contribution is 0.519. The quantitative estimate of drug-likeness (QED) is 0.369. The Bertz CT molecular complexity index is 902. The normalized spacial score (nSPS) is 16.2. The maximum Gasteiger partial charge on any atom is 0.191 e. The monoisotopic (exact) mass is 491 g/mol. The number of hydrogen-bond acceptors (Lipinski definition) is 4. The molecule has 0 radical (unpaired) electrons. The smallest absolute Gasteiger partial charge is 0.191 e. The second-order valence-electron chi connectivity index (χ2n) is 7.00. The largest absolute Gasteiger partial charge is 0.459 e. The molecule has 0 amide bonds. The number of hydrogen-bond donors (Lipinski definition) is 2. The molecule has 1 aliphatic carbocycles. The lowest BCUT2D eigenvalue weighted by Crippen LogP contribution is -2.41. The highest BCUT2D eigenvalue weighted by Crippen LogP contribution is 2.46. The fourth-order valence-corrected chi connectivity index (χ4v) is 4.66. The highest BCUT2D eigenvalue weighted by Gasteiger charge is 2.45. The number of benzene rings is 1. The van der Waals surface area contributed by atoms with Gasteiger partial charge in [-0.2, -0.15) is 0 Å². The zero-order chi connectivity index (χ0) is 18.1. The van der Waals surface area contributed by atoms with Crippen LogP contribution in [0.15, 0.2) is 33.7 Å².